The Morgan fingerprint density at radius 3 is 3.12 bits per heavy atom. The van der Waals surface area contributed by atoms with Crippen molar-refractivity contribution < 1.29 is 0 Å². The average molecular weight is 278 g/mol. The predicted molar refractivity (Wildman–Crippen MR) is 67.1 cm³/mol. The molecule has 0 unspecified atom stereocenters. The van der Waals surface area contributed by atoms with Crippen LogP contribution in [-0.2, 0) is 13.0 Å². The van der Waals surface area contributed by atoms with E-state index in [0.717, 1.165) is 29.7 Å². The van der Waals surface area contributed by atoms with Crippen LogP contribution in [0, 0.1) is 0 Å². The Balaban J connectivity index is 2.09. The molecule has 0 amide bonds. The molecule has 3 rings (SSSR count). The van der Waals surface area contributed by atoms with E-state index in [9.17, 15) is 0 Å². The topological polar surface area (TPSA) is 40.7 Å². The molecule has 0 saturated carbocycles. The van der Waals surface area contributed by atoms with Gasteiger partial charge in [0, 0.05) is 22.1 Å². The monoisotopic (exact) mass is 277 g/mol. The second kappa shape index (κ2) is 4.03. The lowest BCUT2D eigenvalue weighted by molar-refractivity contribution is 0.633. The first-order valence-electron chi connectivity index (χ1n) is 5.37. The van der Waals surface area contributed by atoms with Gasteiger partial charge >= 0.3 is 0 Å². The van der Waals surface area contributed by atoms with Crippen LogP contribution in [0.15, 0.2) is 28.7 Å². The second-order valence-electron chi connectivity index (χ2n) is 3.97. The third kappa shape index (κ3) is 1.68. The second-order valence-corrected chi connectivity index (χ2v) is 4.88. The van der Waals surface area contributed by atoms with E-state index in [-0.39, 0.29) is 0 Å². The normalized spacial score (nSPS) is 14.8. The lowest BCUT2D eigenvalue weighted by Gasteiger charge is -2.12. The summed E-state index contributed by atoms with van der Waals surface area (Å²) in [5.41, 5.74) is 4.85. The molecule has 3 nitrogen and oxygen atoms in total. The van der Waals surface area contributed by atoms with Gasteiger partial charge in [0.05, 0.1) is 11.4 Å². The molecule has 1 aliphatic heterocycles. The molecule has 0 atom stereocenters. The van der Waals surface area contributed by atoms with Crippen molar-refractivity contribution in [2.45, 2.75) is 13.0 Å². The Morgan fingerprint density at radius 1 is 1.31 bits per heavy atom. The summed E-state index contributed by atoms with van der Waals surface area (Å²) in [4.78, 5) is 0. The summed E-state index contributed by atoms with van der Waals surface area (Å²) < 4.78 is 1.09. The van der Waals surface area contributed by atoms with Crippen LogP contribution in [0.3, 0.4) is 0 Å². The van der Waals surface area contributed by atoms with Crippen LogP contribution in [0.1, 0.15) is 11.3 Å². The fraction of sp³-hybridized carbons (Fsp3) is 0.250. The predicted octanol–water partition coefficient (Wildman–Crippen LogP) is 2.48. The fourth-order valence-corrected chi connectivity index (χ4v) is 2.52. The number of H-pyrrole nitrogens is 1. The SMILES string of the molecule is Brc1cccc(-c2n[nH]c3c2CCNC3)c1. The van der Waals surface area contributed by atoms with Crippen molar-refractivity contribution in [3.8, 4) is 11.3 Å². The number of halogens is 1. The van der Waals surface area contributed by atoms with Gasteiger partial charge in [-0.25, -0.2) is 0 Å². The molecule has 0 spiro atoms. The number of aromatic nitrogens is 2. The molecule has 2 heterocycles. The highest BCUT2D eigenvalue weighted by molar-refractivity contribution is 9.10. The van der Waals surface area contributed by atoms with Crippen molar-refractivity contribution in [2.24, 2.45) is 0 Å². The number of nitrogens with zero attached hydrogens (tertiary/aromatic N) is 1. The van der Waals surface area contributed by atoms with E-state index in [2.05, 4.69) is 43.6 Å². The fourth-order valence-electron chi connectivity index (χ4n) is 2.12. The Labute approximate surface area is 102 Å². The van der Waals surface area contributed by atoms with Gasteiger partial charge in [-0.05, 0) is 25.1 Å². The number of hydrogen-bond donors (Lipinski definition) is 2. The molecule has 4 heteroatoms. The summed E-state index contributed by atoms with van der Waals surface area (Å²) in [5.74, 6) is 0. The Bertz CT molecular complexity index is 519. The summed E-state index contributed by atoms with van der Waals surface area (Å²) in [5, 5.41) is 10.9. The van der Waals surface area contributed by atoms with E-state index in [0.29, 0.717) is 0 Å². The van der Waals surface area contributed by atoms with E-state index < -0.39 is 0 Å². The van der Waals surface area contributed by atoms with Gasteiger partial charge in [-0.15, -0.1) is 0 Å². The van der Waals surface area contributed by atoms with E-state index in [1.54, 1.807) is 0 Å². The summed E-state index contributed by atoms with van der Waals surface area (Å²) >= 11 is 3.49. The van der Waals surface area contributed by atoms with Crippen LogP contribution in [0.25, 0.3) is 11.3 Å². The number of benzene rings is 1. The molecule has 16 heavy (non-hydrogen) atoms. The molecule has 0 aliphatic carbocycles. The van der Waals surface area contributed by atoms with Gasteiger partial charge in [0.1, 0.15) is 0 Å². The maximum absolute atomic E-state index is 4.42. The first kappa shape index (κ1) is 10.1. The Hall–Kier alpha value is -1.13. The number of nitrogens with one attached hydrogen (secondary N) is 2. The highest BCUT2D eigenvalue weighted by Crippen LogP contribution is 2.27. The zero-order valence-electron chi connectivity index (χ0n) is 8.76. The molecule has 2 aromatic rings. The van der Waals surface area contributed by atoms with Gasteiger partial charge in [-0.2, -0.15) is 5.10 Å². The largest absolute Gasteiger partial charge is 0.311 e. The van der Waals surface area contributed by atoms with Gasteiger partial charge < -0.3 is 5.32 Å². The van der Waals surface area contributed by atoms with Crippen molar-refractivity contribution in [3.63, 3.8) is 0 Å². The van der Waals surface area contributed by atoms with E-state index >= 15 is 0 Å². The maximum Gasteiger partial charge on any atom is 0.0956 e. The van der Waals surface area contributed by atoms with Crippen molar-refractivity contribution in [1.29, 1.82) is 0 Å². The zero-order valence-corrected chi connectivity index (χ0v) is 10.3. The minimum Gasteiger partial charge on any atom is -0.311 e. The lowest BCUT2D eigenvalue weighted by Crippen LogP contribution is -2.23. The van der Waals surface area contributed by atoms with Crippen molar-refractivity contribution in [2.75, 3.05) is 6.54 Å². The first-order valence-corrected chi connectivity index (χ1v) is 6.16. The van der Waals surface area contributed by atoms with Crippen molar-refractivity contribution in [1.82, 2.24) is 15.5 Å². The number of hydrogen-bond acceptors (Lipinski definition) is 2. The molecule has 1 aliphatic rings. The molecular weight excluding hydrogens is 266 g/mol. The van der Waals surface area contributed by atoms with Gasteiger partial charge in [-0.1, -0.05) is 28.1 Å². The van der Waals surface area contributed by atoms with Crippen molar-refractivity contribution in [3.05, 3.63) is 40.0 Å². The quantitative estimate of drug-likeness (QED) is 0.841. The summed E-state index contributed by atoms with van der Waals surface area (Å²) in [7, 11) is 0. The molecule has 1 aromatic carbocycles. The summed E-state index contributed by atoms with van der Waals surface area (Å²) in [6.07, 6.45) is 1.05. The van der Waals surface area contributed by atoms with E-state index in [1.165, 1.54) is 16.8 Å². The molecule has 0 bridgehead atoms. The van der Waals surface area contributed by atoms with E-state index in [1.807, 2.05) is 12.1 Å². The minimum absolute atomic E-state index is 0.899. The number of aromatic amines is 1. The number of fused-ring (bicyclic) bond motifs is 1. The minimum atomic E-state index is 0.899. The molecule has 2 N–H and O–H groups in total. The standard InChI is InChI=1S/C12H12BrN3/c13-9-3-1-2-8(6-9)12-10-4-5-14-7-11(10)15-16-12/h1-3,6,14H,4-5,7H2,(H,15,16). The van der Waals surface area contributed by atoms with Gasteiger partial charge in [0.2, 0.25) is 0 Å². The molecular formula is C12H12BrN3. The van der Waals surface area contributed by atoms with Gasteiger partial charge in [0.25, 0.3) is 0 Å². The Kier molecular flexibility index (Phi) is 2.53. The van der Waals surface area contributed by atoms with Crippen LogP contribution >= 0.6 is 15.9 Å². The molecule has 0 saturated heterocycles. The highest BCUT2D eigenvalue weighted by atomic mass is 79.9. The Morgan fingerprint density at radius 2 is 2.25 bits per heavy atom. The van der Waals surface area contributed by atoms with E-state index in [4.69, 9.17) is 0 Å². The summed E-state index contributed by atoms with van der Waals surface area (Å²) in [6, 6.07) is 8.29. The maximum atomic E-state index is 4.42. The van der Waals surface area contributed by atoms with Crippen LogP contribution in [0.5, 0.6) is 0 Å². The molecule has 1 aromatic heterocycles. The highest BCUT2D eigenvalue weighted by Gasteiger charge is 2.17. The van der Waals surface area contributed by atoms with Crippen LogP contribution in [0.4, 0.5) is 0 Å². The lowest BCUT2D eigenvalue weighted by atomic mass is 10.0. The molecule has 0 radical (unpaired) electrons. The molecule has 0 fully saturated rings. The molecule has 82 valence electrons. The van der Waals surface area contributed by atoms with Crippen LogP contribution in [-0.4, -0.2) is 16.7 Å². The van der Waals surface area contributed by atoms with Crippen LogP contribution < -0.4 is 5.32 Å². The smallest absolute Gasteiger partial charge is 0.0956 e. The number of rotatable bonds is 1. The summed E-state index contributed by atoms with van der Waals surface area (Å²) in [6.45, 7) is 1.93. The van der Waals surface area contributed by atoms with Crippen LogP contribution in [0.2, 0.25) is 0 Å². The third-order valence-electron chi connectivity index (χ3n) is 2.90. The van der Waals surface area contributed by atoms with Gasteiger partial charge in [-0.3, -0.25) is 5.10 Å². The van der Waals surface area contributed by atoms with Gasteiger partial charge in [0.15, 0.2) is 0 Å². The third-order valence-corrected chi connectivity index (χ3v) is 3.40. The van der Waals surface area contributed by atoms with Crippen molar-refractivity contribution >= 4 is 15.9 Å². The first-order chi connectivity index (χ1) is 7.84. The zero-order chi connectivity index (χ0) is 11.0. The average Bonchev–Trinajstić information content (AvgIpc) is 2.72.